The van der Waals surface area contributed by atoms with Gasteiger partial charge in [0.05, 0.1) is 12.7 Å². The number of carbonyl (C=O) groups is 1. The van der Waals surface area contributed by atoms with Crippen LogP contribution in [0, 0.1) is 0 Å². The van der Waals surface area contributed by atoms with E-state index < -0.39 is 4.84 Å². The summed E-state index contributed by atoms with van der Waals surface area (Å²) in [4.78, 5) is 10.8. The summed E-state index contributed by atoms with van der Waals surface area (Å²) in [6.45, 7) is 1.13. The standard InChI is InChI=1S/C7H11Cl2N5O/c8-6(9)3-11-7(15)5-4-14(2-1-10)13-12-5/h4,6H,1-3,10H2,(H,11,15). The number of halogens is 2. The molecule has 0 aliphatic rings. The monoisotopic (exact) mass is 251 g/mol. The van der Waals surface area contributed by atoms with Crippen LogP contribution in [0.4, 0.5) is 0 Å². The fourth-order valence-corrected chi connectivity index (χ4v) is 1.06. The summed E-state index contributed by atoms with van der Waals surface area (Å²) in [5.74, 6) is -0.357. The molecule has 1 aromatic heterocycles. The van der Waals surface area contributed by atoms with Crippen LogP contribution in [0.5, 0.6) is 0 Å². The average Bonchev–Trinajstić information content (AvgIpc) is 2.63. The van der Waals surface area contributed by atoms with E-state index in [1.807, 2.05) is 0 Å². The molecular formula is C7H11Cl2N5O. The van der Waals surface area contributed by atoms with Crippen LogP contribution in [0.3, 0.4) is 0 Å². The Morgan fingerprint density at radius 3 is 3.00 bits per heavy atom. The van der Waals surface area contributed by atoms with Crippen molar-refractivity contribution in [3.8, 4) is 0 Å². The van der Waals surface area contributed by atoms with Crippen molar-refractivity contribution in [1.29, 1.82) is 0 Å². The lowest BCUT2D eigenvalue weighted by molar-refractivity contribution is 0.0950. The van der Waals surface area contributed by atoms with Gasteiger partial charge in [-0.15, -0.1) is 28.3 Å². The highest BCUT2D eigenvalue weighted by Gasteiger charge is 2.11. The van der Waals surface area contributed by atoms with Gasteiger partial charge in [0.2, 0.25) is 0 Å². The van der Waals surface area contributed by atoms with E-state index in [9.17, 15) is 4.79 Å². The van der Waals surface area contributed by atoms with E-state index in [1.165, 1.54) is 10.9 Å². The van der Waals surface area contributed by atoms with Gasteiger partial charge in [-0.25, -0.2) is 0 Å². The molecule has 0 spiro atoms. The zero-order chi connectivity index (χ0) is 11.3. The number of amides is 1. The minimum Gasteiger partial charge on any atom is -0.348 e. The summed E-state index contributed by atoms with van der Waals surface area (Å²) in [5, 5.41) is 9.89. The number of rotatable bonds is 5. The van der Waals surface area contributed by atoms with Gasteiger partial charge in [0.25, 0.3) is 5.91 Å². The lowest BCUT2D eigenvalue weighted by Gasteiger charge is -2.01. The zero-order valence-electron chi connectivity index (χ0n) is 7.86. The highest BCUT2D eigenvalue weighted by atomic mass is 35.5. The minimum absolute atomic E-state index is 0.172. The molecule has 1 amide bonds. The van der Waals surface area contributed by atoms with Crippen LogP contribution in [-0.4, -0.2) is 38.8 Å². The molecular weight excluding hydrogens is 241 g/mol. The summed E-state index contributed by atoms with van der Waals surface area (Å²) in [5.41, 5.74) is 5.54. The highest BCUT2D eigenvalue weighted by Crippen LogP contribution is 1.99. The smallest absolute Gasteiger partial charge is 0.273 e. The summed E-state index contributed by atoms with van der Waals surface area (Å²) < 4.78 is 1.49. The van der Waals surface area contributed by atoms with E-state index in [4.69, 9.17) is 28.9 Å². The zero-order valence-corrected chi connectivity index (χ0v) is 9.37. The maximum atomic E-state index is 11.4. The van der Waals surface area contributed by atoms with Gasteiger partial charge in [-0.3, -0.25) is 9.48 Å². The van der Waals surface area contributed by atoms with Crippen molar-refractivity contribution in [3.05, 3.63) is 11.9 Å². The Hall–Kier alpha value is -0.850. The van der Waals surface area contributed by atoms with E-state index >= 15 is 0 Å². The first-order chi connectivity index (χ1) is 7.13. The normalized spacial score (nSPS) is 10.7. The number of nitrogens with zero attached hydrogens (tertiary/aromatic N) is 3. The number of hydrogen-bond acceptors (Lipinski definition) is 4. The van der Waals surface area contributed by atoms with E-state index in [0.717, 1.165) is 0 Å². The van der Waals surface area contributed by atoms with Gasteiger partial charge >= 0.3 is 0 Å². The Morgan fingerprint density at radius 1 is 1.67 bits per heavy atom. The molecule has 3 N–H and O–H groups in total. The van der Waals surface area contributed by atoms with Crippen LogP contribution in [0.25, 0.3) is 0 Å². The highest BCUT2D eigenvalue weighted by molar-refractivity contribution is 6.44. The van der Waals surface area contributed by atoms with Crippen molar-refractivity contribution in [2.75, 3.05) is 13.1 Å². The van der Waals surface area contributed by atoms with Gasteiger partial charge in [-0.2, -0.15) is 0 Å². The molecule has 84 valence electrons. The van der Waals surface area contributed by atoms with Gasteiger partial charge in [-0.05, 0) is 0 Å². The van der Waals surface area contributed by atoms with Gasteiger partial charge in [0, 0.05) is 13.1 Å². The Bertz CT molecular complexity index is 327. The van der Waals surface area contributed by atoms with Crippen LogP contribution in [0.15, 0.2) is 6.20 Å². The number of alkyl halides is 2. The number of carbonyl (C=O) groups excluding carboxylic acids is 1. The molecule has 0 radical (unpaired) electrons. The molecule has 15 heavy (non-hydrogen) atoms. The number of nitrogens with one attached hydrogen (secondary N) is 1. The van der Waals surface area contributed by atoms with Gasteiger partial charge in [0.15, 0.2) is 5.69 Å². The molecule has 0 saturated heterocycles. The third kappa shape index (κ3) is 4.03. The first-order valence-corrected chi connectivity index (χ1v) is 5.17. The third-order valence-corrected chi connectivity index (χ3v) is 1.86. The first kappa shape index (κ1) is 12.2. The quantitative estimate of drug-likeness (QED) is 0.709. The molecule has 1 rings (SSSR count). The Kier molecular flexibility index (Phi) is 4.80. The van der Waals surface area contributed by atoms with Crippen LogP contribution in [0.2, 0.25) is 0 Å². The van der Waals surface area contributed by atoms with Crippen LogP contribution < -0.4 is 11.1 Å². The lowest BCUT2D eigenvalue weighted by atomic mass is 10.4. The molecule has 6 nitrogen and oxygen atoms in total. The summed E-state index contributed by atoms with van der Waals surface area (Å²) in [7, 11) is 0. The predicted octanol–water partition coefficient (Wildman–Crippen LogP) is -0.230. The number of hydrogen-bond donors (Lipinski definition) is 2. The molecule has 0 bridgehead atoms. The summed E-state index contributed by atoms with van der Waals surface area (Å²) in [6, 6.07) is 0. The minimum atomic E-state index is -0.631. The van der Waals surface area contributed by atoms with Crippen LogP contribution in [-0.2, 0) is 6.54 Å². The third-order valence-electron chi connectivity index (χ3n) is 1.55. The maximum Gasteiger partial charge on any atom is 0.273 e. The van der Waals surface area contributed by atoms with Crippen molar-refractivity contribution >= 4 is 29.1 Å². The SMILES string of the molecule is NCCn1cc(C(=O)NCC(Cl)Cl)nn1. The largest absolute Gasteiger partial charge is 0.348 e. The van der Waals surface area contributed by atoms with Gasteiger partial charge in [0.1, 0.15) is 4.84 Å². The van der Waals surface area contributed by atoms with Crippen molar-refractivity contribution in [3.63, 3.8) is 0 Å². The Morgan fingerprint density at radius 2 is 2.40 bits per heavy atom. The van der Waals surface area contributed by atoms with Gasteiger partial charge in [-0.1, -0.05) is 5.21 Å². The molecule has 0 saturated carbocycles. The average molecular weight is 252 g/mol. The van der Waals surface area contributed by atoms with Crippen molar-refractivity contribution in [1.82, 2.24) is 20.3 Å². The molecule has 8 heteroatoms. The van der Waals surface area contributed by atoms with E-state index in [2.05, 4.69) is 15.6 Å². The molecule has 1 aromatic rings. The number of aromatic nitrogens is 3. The van der Waals surface area contributed by atoms with E-state index in [1.54, 1.807) is 0 Å². The second-order valence-electron chi connectivity index (χ2n) is 2.76. The summed E-state index contributed by atoms with van der Waals surface area (Å²) in [6.07, 6.45) is 1.51. The molecule has 0 fully saturated rings. The van der Waals surface area contributed by atoms with E-state index in [0.29, 0.717) is 13.1 Å². The molecule has 0 aliphatic carbocycles. The molecule has 0 unspecified atom stereocenters. The van der Waals surface area contributed by atoms with Crippen molar-refractivity contribution in [2.45, 2.75) is 11.4 Å². The Labute approximate surface area is 96.7 Å². The second kappa shape index (κ2) is 5.89. The van der Waals surface area contributed by atoms with E-state index in [-0.39, 0.29) is 18.1 Å². The fraction of sp³-hybridized carbons (Fsp3) is 0.571. The topological polar surface area (TPSA) is 85.8 Å². The van der Waals surface area contributed by atoms with Crippen LogP contribution >= 0.6 is 23.2 Å². The van der Waals surface area contributed by atoms with Crippen molar-refractivity contribution < 1.29 is 4.79 Å². The molecule has 1 heterocycles. The van der Waals surface area contributed by atoms with Gasteiger partial charge < -0.3 is 11.1 Å². The second-order valence-corrected chi connectivity index (χ2v) is 4.03. The Balaban J connectivity index is 2.50. The molecule has 0 atom stereocenters. The number of nitrogens with two attached hydrogens (primary N) is 1. The fourth-order valence-electron chi connectivity index (χ4n) is 0.904. The van der Waals surface area contributed by atoms with Crippen molar-refractivity contribution in [2.24, 2.45) is 5.73 Å². The summed E-state index contributed by atoms with van der Waals surface area (Å²) >= 11 is 10.9. The van der Waals surface area contributed by atoms with Crippen LogP contribution in [0.1, 0.15) is 10.5 Å². The molecule has 0 aromatic carbocycles. The lowest BCUT2D eigenvalue weighted by Crippen LogP contribution is -2.28. The first-order valence-electron chi connectivity index (χ1n) is 4.30. The predicted molar refractivity (Wildman–Crippen MR) is 56.9 cm³/mol. The molecule has 0 aliphatic heterocycles. The maximum absolute atomic E-state index is 11.4.